The summed E-state index contributed by atoms with van der Waals surface area (Å²) in [7, 11) is 1.57. The maximum atomic E-state index is 12.7. The van der Waals surface area contributed by atoms with Crippen molar-refractivity contribution in [2.24, 2.45) is 0 Å². The fraction of sp³-hybridized carbons (Fsp3) is 0.207. The largest absolute Gasteiger partial charge is 0.497 e. The van der Waals surface area contributed by atoms with E-state index >= 15 is 0 Å². The molecule has 190 valence electrons. The summed E-state index contributed by atoms with van der Waals surface area (Å²) < 4.78 is 16.5. The molecule has 3 aromatic rings. The van der Waals surface area contributed by atoms with Crippen molar-refractivity contribution < 1.29 is 23.8 Å². The van der Waals surface area contributed by atoms with Crippen molar-refractivity contribution in [3.63, 3.8) is 0 Å². The van der Waals surface area contributed by atoms with Crippen molar-refractivity contribution in [3.05, 3.63) is 82.9 Å². The number of ether oxygens (including phenoxy) is 3. The van der Waals surface area contributed by atoms with Crippen LogP contribution in [-0.2, 0) is 9.59 Å². The Morgan fingerprint density at radius 2 is 1.70 bits per heavy atom. The molecule has 0 aromatic heterocycles. The highest BCUT2D eigenvalue weighted by atomic mass is 16.5. The smallest absolute Gasteiger partial charge is 0.266 e. The van der Waals surface area contributed by atoms with Gasteiger partial charge in [0, 0.05) is 11.4 Å². The van der Waals surface area contributed by atoms with Crippen LogP contribution in [0.4, 0.5) is 11.4 Å². The molecule has 8 heteroatoms. The second-order valence-electron chi connectivity index (χ2n) is 8.15. The van der Waals surface area contributed by atoms with Crippen molar-refractivity contribution in [2.75, 3.05) is 31.0 Å². The second kappa shape index (κ2) is 12.8. The van der Waals surface area contributed by atoms with E-state index < -0.39 is 5.91 Å². The van der Waals surface area contributed by atoms with E-state index in [1.807, 2.05) is 45.0 Å². The van der Waals surface area contributed by atoms with Crippen LogP contribution in [0.5, 0.6) is 17.2 Å². The van der Waals surface area contributed by atoms with Gasteiger partial charge in [-0.15, -0.1) is 0 Å². The number of nitrogens with zero attached hydrogens (tertiary/aromatic N) is 1. The van der Waals surface area contributed by atoms with E-state index in [4.69, 9.17) is 14.2 Å². The first-order chi connectivity index (χ1) is 17.8. The molecule has 0 bridgehead atoms. The lowest BCUT2D eigenvalue weighted by atomic mass is 10.1. The molecule has 0 saturated heterocycles. The van der Waals surface area contributed by atoms with Gasteiger partial charge in [-0.1, -0.05) is 23.8 Å². The van der Waals surface area contributed by atoms with Gasteiger partial charge in [0.05, 0.1) is 13.7 Å². The number of benzene rings is 3. The van der Waals surface area contributed by atoms with Gasteiger partial charge >= 0.3 is 0 Å². The number of carbonyl (C=O) groups is 2. The molecule has 0 aliphatic heterocycles. The molecule has 3 rings (SSSR count). The summed E-state index contributed by atoms with van der Waals surface area (Å²) in [5.41, 5.74) is 3.75. The Hall–Kier alpha value is -4.77. The number of aryl methyl sites for hydroxylation is 2. The zero-order chi connectivity index (χ0) is 26.8. The predicted octanol–water partition coefficient (Wildman–Crippen LogP) is 5.27. The van der Waals surface area contributed by atoms with Gasteiger partial charge in [0.1, 0.15) is 17.4 Å². The molecular formula is C29H29N3O5. The predicted molar refractivity (Wildman–Crippen MR) is 143 cm³/mol. The second-order valence-corrected chi connectivity index (χ2v) is 8.15. The average molecular weight is 500 g/mol. The van der Waals surface area contributed by atoms with Gasteiger partial charge in [-0.3, -0.25) is 9.59 Å². The lowest BCUT2D eigenvalue weighted by Crippen LogP contribution is -2.20. The van der Waals surface area contributed by atoms with Crippen LogP contribution < -0.4 is 24.8 Å². The SMILES string of the molecule is CCOc1cc(/C=C(\C#N)C(=O)Nc2ccc(C)cc2C)ccc1OCC(=O)Nc1ccc(OC)cc1. The summed E-state index contributed by atoms with van der Waals surface area (Å²) in [6.07, 6.45) is 1.47. The standard InChI is InChI=1S/C29H29N3O5/c1-5-36-27-16-21(15-22(17-30)29(34)32-25-12-6-19(2)14-20(25)3)7-13-26(27)37-18-28(33)31-23-8-10-24(35-4)11-9-23/h6-16H,5,18H2,1-4H3,(H,31,33)(H,32,34)/b22-15+. The highest BCUT2D eigenvalue weighted by Crippen LogP contribution is 2.30. The first-order valence-corrected chi connectivity index (χ1v) is 11.7. The van der Waals surface area contributed by atoms with Gasteiger partial charge < -0.3 is 24.8 Å². The Labute approximate surface area is 216 Å². The van der Waals surface area contributed by atoms with E-state index in [9.17, 15) is 14.9 Å². The molecule has 3 aromatic carbocycles. The summed E-state index contributed by atoms with van der Waals surface area (Å²) >= 11 is 0. The Balaban J connectivity index is 1.70. The van der Waals surface area contributed by atoms with Gasteiger partial charge in [-0.05, 0) is 80.4 Å². The average Bonchev–Trinajstić information content (AvgIpc) is 2.89. The Morgan fingerprint density at radius 3 is 2.35 bits per heavy atom. The molecule has 8 nitrogen and oxygen atoms in total. The van der Waals surface area contributed by atoms with Crippen LogP contribution in [0.15, 0.2) is 66.2 Å². The first kappa shape index (κ1) is 26.8. The van der Waals surface area contributed by atoms with Crippen LogP contribution in [0.1, 0.15) is 23.6 Å². The van der Waals surface area contributed by atoms with Gasteiger partial charge in [-0.2, -0.15) is 5.26 Å². The third kappa shape index (κ3) is 7.61. The Kier molecular flexibility index (Phi) is 9.28. The summed E-state index contributed by atoms with van der Waals surface area (Å²) in [6.45, 7) is 5.81. The summed E-state index contributed by atoms with van der Waals surface area (Å²) in [4.78, 5) is 25.0. The van der Waals surface area contributed by atoms with Crippen molar-refractivity contribution >= 4 is 29.3 Å². The molecule has 0 atom stereocenters. The number of anilines is 2. The molecule has 2 amide bonds. The van der Waals surface area contributed by atoms with E-state index in [1.54, 1.807) is 49.6 Å². The van der Waals surface area contributed by atoms with Crippen LogP contribution in [0.2, 0.25) is 0 Å². The molecule has 0 aliphatic carbocycles. The van der Waals surface area contributed by atoms with Crippen LogP contribution >= 0.6 is 0 Å². The molecule has 37 heavy (non-hydrogen) atoms. The molecule has 0 aliphatic rings. The maximum absolute atomic E-state index is 12.7. The third-order valence-corrected chi connectivity index (χ3v) is 5.31. The van der Waals surface area contributed by atoms with Gasteiger partial charge in [0.2, 0.25) is 0 Å². The summed E-state index contributed by atoms with van der Waals surface area (Å²) in [5, 5.41) is 15.1. The van der Waals surface area contributed by atoms with Crippen molar-refractivity contribution in [3.8, 4) is 23.3 Å². The Morgan fingerprint density at radius 1 is 0.946 bits per heavy atom. The minimum atomic E-state index is -0.511. The van der Waals surface area contributed by atoms with Gasteiger partial charge in [0.15, 0.2) is 18.1 Å². The fourth-order valence-corrected chi connectivity index (χ4v) is 3.48. The number of methoxy groups -OCH3 is 1. The van der Waals surface area contributed by atoms with Crippen LogP contribution in [0.25, 0.3) is 6.08 Å². The minimum Gasteiger partial charge on any atom is -0.497 e. The summed E-state index contributed by atoms with van der Waals surface area (Å²) in [5.74, 6) is 0.587. The number of hydrogen-bond donors (Lipinski definition) is 2. The van der Waals surface area contributed by atoms with Crippen LogP contribution in [0.3, 0.4) is 0 Å². The number of hydrogen-bond acceptors (Lipinski definition) is 6. The van der Waals surface area contributed by atoms with E-state index in [1.165, 1.54) is 6.08 Å². The van der Waals surface area contributed by atoms with E-state index in [-0.39, 0.29) is 18.1 Å². The molecular weight excluding hydrogens is 470 g/mol. The highest BCUT2D eigenvalue weighted by Gasteiger charge is 2.13. The zero-order valence-corrected chi connectivity index (χ0v) is 21.3. The number of rotatable bonds is 10. The highest BCUT2D eigenvalue weighted by molar-refractivity contribution is 6.10. The van der Waals surface area contributed by atoms with Gasteiger partial charge in [0.25, 0.3) is 11.8 Å². The first-order valence-electron chi connectivity index (χ1n) is 11.7. The number of carbonyl (C=O) groups excluding carboxylic acids is 2. The fourth-order valence-electron chi connectivity index (χ4n) is 3.48. The van der Waals surface area contributed by atoms with E-state index in [0.29, 0.717) is 40.8 Å². The van der Waals surface area contributed by atoms with E-state index in [0.717, 1.165) is 11.1 Å². The summed E-state index contributed by atoms with van der Waals surface area (Å²) in [6, 6.07) is 19.5. The lowest BCUT2D eigenvalue weighted by molar-refractivity contribution is -0.118. The quantitative estimate of drug-likeness (QED) is 0.290. The number of nitrogens with one attached hydrogen (secondary N) is 2. The molecule has 0 unspecified atom stereocenters. The van der Waals surface area contributed by atoms with Crippen molar-refractivity contribution in [1.29, 1.82) is 5.26 Å². The molecule has 2 N–H and O–H groups in total. The minimum absolute atomic E-state index is 0.0602. The van der Waals surface area contributed by atoms with Crippen molar-refractivity contribution in [1.82, 2.24) is 0 Å². The number of nitriles is 1. The maximum Gasteiger partial charge on any atom is 0.266 e. The monoisotopic (exact) mass is 499 g/mol. The normalized spacial score (nSPS) is 10.7. The number of amides is 2. The molecule has 0 saturated carbocycles. The molecule has 0 spiro atoms. The topological polar surface area (TPSA) is 110 Å². The molecule has 0 radical (unpaired) electrons. The van der Waals surface area contributed by atoms with E-state index in [2.05, 4.69) is 10.6 Å². The van der Waals surface area contributed by atoms with Crippen LogP contribution in [-0.4, -0.2) is 32.1 Å². The third-order valence-electron chi connectivity index (χ3n) is 5.31. The van der Waals surface area contributed by atoms with Gasteiger partial charge in [-0.25, -0.2) is 0 Å². The zero-order valence-electron chi connectivity index (χ0n) is 21.3. The molecule has 0 fully saturated rings. The lowest BCUT2D eigenvalue weighted by Gasteiger charge is -2.13. The van der Waals surface area contributed by atoms with Crippen molar-refractivity contribution in [2.45, 2.75) is 20.8 Å². The molecule has 0 heterocycles. The Bertz CT molecular complexity index is 1340. The van der Waals surface area contributed by atoms with Crippen LogP contribution in [0, 0.1) is 25.2 Å².